The van der Waals surface area contributed by atoms with Gasteiger partial charge in [0.25, 0.3) is 0 Å². The monoisotopic (exact) mass is 332 g/mol. The van der Waals surface area contributed by atoms with Crippen LogP contribution in [0.1, 0.15) is 15.9 Å². The van der Waals surface area contributed by atoms with Gasteiger partial charge in [0.15, 0.2) is 0 Å². The average Bonchev–Trinajstić information content (AvgIpc) is 2.54. The van der Waals surface area contributed by atoms with Gasteiger partial charge < -0.3 is 15.4 Å². The molecule has 0 fully saturated rings. The number of aryl methyl sites for hydroxylation is 1. The van der Waals surface area contributed by atoms with Crippen LogP contribution in [0.2, 0.25) is 5.02 Å². The zero-order valence-corrected chi connectivity index (χ0v) is 13.6. The molecule has 0 aliphatic rings. The van der Waals surface area contributed by atoms with Gasteiger partial charge in [0.1, 0.15) is 0 Å². The van der Waals surface area contributed by atoms with Crippen molar-refractivity contribution in [3.05, 3.63) is 58.6 Å². The van der Waals surface area contributed by atoms with Gasteiger partial charge in [-0.2, -0.15) is 0 Å². The van der Waals surface area contributed by atoms with Gasteiger partial charge in [-0.15, -0.1) is 0 Å². The van der Waals surface area contributed by atoms with E-state index in [4.69, 9.17) is 16.3 Å². The molecule has 0 saturated carbocycles. The molecule has 2 N–H and O–H groups in total. The Kier molecular flexibility index (Phi) is 5.60. The fraction of sp³-hybridized carbons (Fsp3) is 0.176. The first-order valence-corrected chi connectivity index (χ1v) is 7.36. The lowest BCUT2D eigenvalue weighted by Crippen LogP contribution is -2.23. The Labute approximate surface area is 139 Å². The minimum atomic E-state index is -0.504. The Hall–Kier alpha value is -2.53. The van der Waals surface area contributed by atoms with Crippen molar-refractivity contribution < 1.29 is 14.3 Å². The molecule has 0 unspecified atom stereocenters. The van der Waals surface area contributed by atoms with E-state index in [2.05, 4.69) is 10.6 Å². The van der Waals surface area contributed by atoms with Crippen molar-refractivity contribution in [3.8, 4) is 0 Å². The summed E-state index contributed by atoms with van der Waals surface area (Å²) in [5.74, 6) is -0.798. The van der Waals surface area contributed by atoms with Crippen molar-refractivity contribution in [2.75, 3.05) is 24.3 Å². The average molecular weight is 333 g/mol. The van der Waals surface area contributed by atoms with Crippen molar-refractivity contribution in [2.24, 2.45) is 0 Å². The van der Waals surface area contributed by atoms with Crippen LogP contribution in [-0.2, 0) is 9.53 Å². The predicted molar refractivity (Wildman–Crippen MR) is 91.1 cm³/mol. The van der Waals surface area contributed by atoms with Crippen molar-refractivity contribution in [3.63, 3.8) is 0 Å². The van der Waals surface area contributed by atoms with Crippen LogP contribution in [-0.4, -0.2) is 25.5 Å². The lowest BCUT2D eigenvalue weighted by atomic mass is 10.2. The summed E-state index contributed by atoms with van der Waals surface area (Å²) in [6.45, 7) is 1.96. The van der Waals surface area contributed by atoms with Crippen molar-refractivity contribution in [1.29, 1.82) is 0 Å². The number of halogens is 1. The number of ether oxygens (including phenoxy) is 1. The fourth-order valence-corrected chi connectivity index (χ4v) is 2.32. The number of anilines is 2. The van der Waals surface area contributed by atoms with Crippen LogP contribution >= 0.6 is 11.6 Å². The number of esters is 1. The van der Waals surface area contributed by atoms with Gasteiger partial charge >= 0.3 is 5.97 Å². The summed E-state index contributed by atoms with van der Waals surface area (Å²) in [7, 11) is 1.29. The number of nitrogens with one attached hydrogen (secondary N) is 2. The van der Waals surface area contributed by atoms with E-state index in [0.29, 0.717) is 22.0 Å². The SMILES string of the molecule is COC(=O)c1ccccc1NC(=O)CNc1ccc(C)cc1Cl. The summed E-state index contributed by atoms with van der Waals surface area (Å²) in [5.41, 5.74) is 2.42. The standard InChI is InChI=1S/C17H17ClN2O3/c1-11-7-8-15(13(18)9-11)19-10-16(21)20-14-6-4-3-5-12(14)17(22)23-2/h3-9,19H,10H2,1-2H3,(H,20,21). The molecular weight excluding hydrogens is 316 g/mol. The quantitative estimate of drug-likeness (QED) is 0.822. The number of rotatable bonds is 5. The highest BCUT2D eigenvalue weighted by atomic mass is 35.5. The maximum Gasteiger partial charge on any atom is 0.339 e. The number of carbonyl (C=O) groups excluding carboxylic acids is 2. The Morgan fingerprint density at radius 2 is 1.87 bits per heavy atom. The number of methoxy groups -OCH3 is 1. The maximum atomic E-state index is 12.1. The summed E-state index contributed by atoms with van der Waals surface area (Å²) in [6, 6.07) is 12.2. The molecule has 5 nitrogen and oxygen atoms in total. The molecule has 0 aliphatic carbocycles. The first kappa shape index (κ1) is 16.8. The summed E-state index contributed by atoms with van der Waals surface area (Å²) in [6.07, 6.45) is 0. The van der Waals surface area contributed by atoms with E-state index in [1.54, 1.807) is 24.3 Å². The van der Waals surface area contributed by atoms with Crippen LogP contribution in [0.4, 0.5) is 11.4 Å². The van der Waals surface area contributed by atoms with E-state index in [1.165, 1.54) is 7.11 Å². The molecule has 0 saturated heterocycles. The number of carbonyl (C=O) groups is 2. The minimum Gasteiger partial charge on any atom is -0.465 e. The highest BCUT2D eigenvalue weighted by molar-refractivity contribution is 6.33. The van der Waals surface area contributed by atoms with E-state index in [9.17, 15) is 9.59 Å². The normalized spacial score (nSPS) is 10.0. The molecule has 120 valence electrons. The van der Waals surface area contributed by atoms with E-state index in [1.807, 2.05) is 25.1 Å². The molecule has 0 bridgehead atoms. The molecule has 2 rings (SSSR count). The Bertz CT molecular complexity index is 732. The number of hydrogen-bond acceptors (Lipinski definition) is 4. The molecule has 0 atom stereocenters. The lowest BCUT2D eigenvalue weighted by Gasteiger charge is -2.11. The molecule has 0 aliphatic heterocycles. The largest absolute Gasteiger partial charge is 0.465 e. The van der Waals surface area contributed by atoms with Crippen LogP contribution < -0.4 is 10.6 Å². The molecule has 0 radical (unpaired) electrons. The van der Waals surface area contributed by atoms with Gasteiger partial charge in [0, 0.05) is 0 Å². The highest BCUT2D eigenvalue weighted by Crippen LogP contribution is 2.22. The zero-order chi connectivity index (χ0) is 16.8. The summed E-state index contributed by atoms with van der Waals surface area (Å²) in [4.78, 5) is 23.7. The smallest absolute Gasteiger partial charge is 0.339 e. The van der Waals surface area contributed by atoms with E-state index in [-0.39, 0.29) is 12.5 Å². The molecule has 2 aromatic carbocycles. The molecule has 6 heteroatoms. The van der Waals surface area contributed by atoms with Crippen molar-refractivity contribution in [2.45, 2.75) is 6.92 Å². The predicted octanol–water partition coefficient (Wildman–Crippen LogP) is 3.49. The van der Waals surface area contributed by atoms with Gasteiger partial charge in [0.2, 0.25) is 5.91 Å². The molecule has 23 heavy (non-hydrogen) atoms. The Balaban J connectivity index is 2.01. The lowest BCUT2D eigenvalue weighted by molar-refractivity contribution is -0.114. The Morgan fingerprint density at radius 3 is 2.57 bits per heavy atom. The van der Waals surface area contributed by atoms with Crippen LogP contribution in [0.15, 0.2) is 42.5 Å². The number of amides is 1. The molecule has 0 spiro atoms. The first-order chi connectivity index (χ1) is 11.0. The van der Waals surface area contributed by atoms with Crippen LogP contribution in [0.3, 0.4) is 0 Å². The Morgan fingerprint density at radius 1 is 1.13 bits per heavy atom. The van der Waals surface area contributed by atoms with Crippen molar-refractivity contribution >= 4 is 34.9 Å². The molecular formula is C17H17ClN2O3. The second-order valence-electron chi connectivity index (χ2n) is 4.92. The summed E-state index contributed by atoms with van der Waals surface area (Å²) >= 11 is 6.10. The van der Waals surface area contributed by atoms with Gasteiger partial charge in [-0.1, -0.05) is 29.8 Å². The topological polar surface area (TPSA) is 67.4 Å². The first-order valence-electron chi connectivity index (χ1n) is 6.98. The van der Waals surface area contributed by atoms with Gasteiger partial charge in [-0.25, -0.2) is 4.79 Å². The zero-order valence-electron chi connectivity index (χ0n) is 12.9. The second-order valence-corrected chi connectivity index (χ2v) is 5.33. The molecule has 0 aromatic heterocycles. The molecule has 2 aromatic rings. The number of benzene rings is 2. The fourth-order valence-electron chi connectivity index (χ4n) is 2.01. The summed E-state index contributed by atoms with van der Waals surface area (Å²) in [5, 5.41) is 6.19. The second kappa shape index (κ2) is 7.65. The third-order valence-corrected chi connectivity index (χ3v) is 3.48. The van der Waals surface area contributed by atoms with Crippen LogP contribution in [0.25, 0.3) is 0 Å². The van der Waals surface area contributed by atoms with Crippen LogP contribution in [0, 0.1) is 6.92 Å². The highest BCUT2D eigenvalue weighted by Gasteiger charge is 2.13. The summed E-state index contributed by atoms with van der Waals surface area (Å²) < 4.78 is 4.69. The third-order valence-electron chi connectivity index (χ3n) is 3.17. The van der Waals surface area contributed by atoms with E-state index in [0.717, 1.165) is 5.56 Å². The maximum absolute atomic E-state index is 12.1. The minimum absolute atomic E-state index is 0.0261. The number of para-hydroxylation sites is 1. The van der Waals surface area contributed by atoms with Crippen molar-refractivity contribution in [1.82, 2.24) is 0 Å². The molecule has 0 heterocycles. The van der Waals surface area contributed by atoms with Crippen LogP contribution in [0.5, 0.6) is 0 Å². The molecule has 1 amide bonds. The number of hydrogen-bond donors (Lipinski definition) is 2. The van der Waals surface area contributed by atoms with E-state index >= 15 is 0 Å². The van der Waals surface area contributed by atoms with E-state index < -0.39 is 5.97 Å². The van der Waals surface area contributed by atoms with Gasteiger partial charge in [-0.3, -0.25) is 4.79 Å². The third kappa shape index (κ3) is 4.47. The van der Waals surface area contributed by atoms with Gasteiger partial charge in [0.05, 0.1) is 35.6 Å². The van der Waals surface area contributed by atoms with Gasteiger partial charge in [-0.05, 0) is 36.8 Å².